The Balaban J connectivity index is 1.61. The largest absolute Gasteiger partial charge is 0.462 e. The van der Waals surface area contributed by atoms with Gasteiger partial charge in [0.15, 0.2) is 17.1 Å². The van der Waals surface area contributed by atoms with Gasteiger partial charge in [0, 0.05) is 21.8 Å². The van der Waals surface area contributed by atoms with Crippen molar-refractivity contribution in [2.75, 3.05) is 11.5 Å². The molecule has 3 aromatic rings. The molecule has 1 spiro atoms. The highest BCUT2D eigenvalue weighted by Crippen LogP contribution is 2.59. The maximum atomic E-state index is 14.2. The number of Topliss-reactive ketones (excluding diaryl/α,β-unsaturated/α-hetero) is 2. The van der Waals surface area contributed by atoms with Gasteiger partial charge in [0.25, 0.3) is 0 Å². The van der Waals surface area contributed by atoms with Crippen LogP contribution in [0.2, 0.25) is 5.02 Å². The van der Waals surface area contributed by atoms with Crippen LogP contribution in [0.1, 0.15) is 49.6 Å². The van der Waals surface area contributed by atoms with Crippen molar-refractivity contribution < 1.29 is 33.4 Å². The number of esters is 3. The molecule has 6 rings (SSSR count). The van der Waals surface area contributed by atoms with Crippen molar-refractivity contribution in [1.82, 2.24) is 0 Å². The lowest BCUT2D eigenvalue weighted by atomic mass is 9.76. The zero-order valence-corrected chi connectivity index (χ0v) is 20.8. The second kappa shape index (κ2) is 8.63. The normalized spacial score (nSPS) is 23.0. The number of anilines is 1. The number of rotatable bonds is 4. The van der Waals surface area contributed by atoms with Crippen LogP contribution in [0.3, 0.4) is 0 Å². The molecule has 9 heteroatoms. The lowest BCUT2D eigenvalue weighted by Gasteiger charge is -2.39. The van der Waals surface area contributed by atoms with E-state index in [2.05, 4.69) is 0 Å². The first-order valence-electron chi connectivity index (χ1n) is 12.1. The number of fused-ring (bicyclic) bond motifs is 3. The Morgan fingerprint density at radius 1 is 0.895 bits per heavy atom. The van der Waals surface area contributed by atoms with Crippen LogP contribution in [0.25, 0.3) is 0 Å². The Hall–Kier alpha value is -4.30. The van der Waals surface area contributed by atoms with E-state index in [1.165, 1.54) is 12.1 Å². The van der Waals surface area contributed by atoms with Crippen LogP contribution in [-0.2, 0) is 19.1 Å². The number of cyclic esters (lactones) is 2. The van der Waals surface area contributed by atoms with E-state index in [4.69, 9.17) is 21.1 Å². The van der Waals surface area contributed by atoms with E-state index in [1.54, 1.807) is 72.5 Å². The monoisotopic (exact) mass is 529 g/mol. The van der Waals surface area contributed by atoms with Crippen LogP contribution in [0, 0.1) is 11.8 Å². The third kappa shape index (κ3) is 3.13. The Morgan fingerprint density at radius 2 is 1.50 bits per heavy atom. The van der Waals surface area contributed by atoms with Gasteiger partial charge in [-0.3, -0.25) is 19.2 Å². The summed E-state index contributed by atoms with van der Waals surface area (Å²) in [5.74, 6) is -5.90. The molecule has 3 atom stereocenters. The number of nitrogens with zero attached hydrogens (tertiary/aromatic N) is 1. The summed E-state index contributed by atoms with van der Waals surface area (Å²) in [6, 6.07) is 18.3. The van der Waals surface area contributed by atoms with Gasteiger partial charge in [-0.15, -0.1) is 0 Å². The molecule has 1 aliphatic carbocycles. The molecule has 0 radical (unpaired) electrons. The Bertz CT molecular complexity index is 1490. The molecule has 8 nitrogen and oxygen atoms in total. The van der Waals surface area contributed by atoms with Crippen molar-refractivity contribution in [2.45, 2.75) is 18.5 Å². The summed E-state index contributed by atoms with van der Waals surface area (Å²) in [6.45, 7) is 1.89. The zero-order valence-electron chi connectivity index (χ0n) is 20.1. The summed E-state index contributed by atoms with van der Waals surface area (Å²) in [5.41, 5.74) is -0.481. The van der Waals surface area contributed by atoms with E-state index < -0.39 is 52.9 Å². The molecule has 0 amide bonds. The fourth-order valence-electron chi connectivity index (χ4n) is 6.03. The fraction of sp³-hybridized carbons (Fsp3) is 0.207. The van der Waals surface area contributed by atoms with Crippen molar-refractivity contribution in [1.29, 1.82) is 0 Å². The first-order valence-corrected chi connectivity index (χ1v) is 12.4. The highest BCUT2D eigenvalue weighted by molar-refractivity contribution is 6.37. The van der Waals surface area contributed by atoms with Gasteiger partial charge in [0.05, 0.1) is 24.1 Å². The van der Waals surface area contributed by atoms with E-state index in [0.29, 0.717) is 16.3 Å². The first kappa shape index (κ1) is 24.1. The predicted octanol–water partition coefficient (Wildman–Crippen LogP) is 4.21. The molecule has 0 aromatic heterocycles. The summed E-state index contributed by atoms with van der Waals surface area (Å²) in [4.78, 5) is 68.7. The molecular weight excluding hydrogens is 510 g/mol. The van der Waals surface area contributed by atoms with Crippen LogP contribution in [0.4, 0.5) is 5.69 Å². The number of carbonyl (C=O) groups is 5. The minimum absolute atomic E-state index is 0.174. The molecule has 3 aromatic carbocycles. The summed E-state index contributed by atoms with van der Waals surface area (Å²) < 4.78 is 10.1. The molecule has 2 aliphatic heterocycles. The average molecular weight is 530 g/mol. The Labute approximate surface area is 222 Å². The maximum Gasteiger partial charge on any atom is 0.338 e. The standard InChI is InChI=1S/C29H20ClNO7/c1-2-37-26(34)16-9-13-18(14-10-16)31-23(15-7-11-17(30)12-8-15)21-22(28(36)38-27(21)35)29(31)24(32)19-5-3-4-6-20(19)25(29)33/h3-14,21-23H,2H2,1H3/t21-,22+,23-/m0/s1. The Morgan fingerprint density at radius 3 is 2.08 bits per heavy atom. The van der Waals surface area contributed by atoms with Crippen molar-refractivity contribution in [3.8, 4) is 0 Å². The van der Waals surface area contributed by atoms with E-state index in [9.17, 15) is 24.0 Å². The van der Waals surface area contributed by atoms with Crippen molar-refractivity contribution in [3.05, 3.63) is 100 Å². The van der Waals surface area contributed by atoms with E-state index in [1.807, 2.05) is 0 Å². The van der Waals surface area contributed by atoms with Gasteiger partial charge in [-0.05, 0) is 48.9 Å². The van der Waals surface area contributed by atoms with E-state index >= 15 is 0 Å². The van der Waals surface area contributed by atoms with Gasteiger partial charge in [-0.2, -0.15) is 0 Å². The van der Waals surface area contributed by atoms with Gasteiger partial charge >= 0.3 is 17.9 Å². The molecule has 38 heavy (non-hydrogen) atoms. The topological polar surface area (TPSA) is 107 Å². The van der Waals surface area contributed by atoms with Crippen molar-refractivity contribution >= 4 is 46.8 Å². The van der Waals surface area contributed by atoms with Crippen LogP contribution in [0.15, 0.2) is 72.8 Å². The van der Waals surface area contributed by atoms with Crippen LogP contribution < -0.4 is 4.90 Å². The lowest BCUT2D eigenvalue weighted by molar-refractivity contribution is -0.154. The summed E-state index contributed by atoms with van der Waals surface area (Å²) in [7, 11) is 0. The molecule has 2 heterocycles. The molecule has 0 N–H and O–H groups in total. The Kier molecular flexibility index (Phi) is 5.47. The molecule has 190 valence electrons. The van der Waals surface area contributed by atoms with Crippen LogP contribution >= 0.6 is 11.6 Å². The minimum Gasteiger partial charge on any atom is -0.462 e. The number of ketones is 2. The number of ether oxygens (including phenoxy) is 2. The van der Waals surface area contributed by atoms with Crippen molar-refractivity contribution in [3.63, 3.8) is 0 Å². The smallest absolute Gasteiger partial charge is 0.338 e. The number of benzene rings is 3. The first-order chi connectivity index (χ1) is 18.3. The molecule has 0 bridgehead atoms. The van der Waals surface area contributed by atoms with Crippen LogP contribution in [-0.4, -0.2) is 41.6 Å². The second-order valence-electron chi connectivity index (χ2n) is 9.35. The van der Waals surface area contributed by atoms with Gasteiger partial charge in [-0.1, -0.05) is 48.0 Å². The molecule has 2 saturated heterocycles. The third-order valence-electron chi connectivity index (χ3n) is 7.51. The summed E-state index contributed by atoms with van der Waals surface area (Å²) in [5, 5.41) is 0.453. The average Bonchev–Trinajstić information content (AvgIpc) is 3.48. The predicted molar refractivity (Wildman–Crippen MR) is 135 cm³/mol. The highest BCUT2D eigenvalue weighted by atomic mass is 35.5. The van der Waals surface area contributed by atoms with Gasteiger partial charge in [-0.25, -0.2) is 4.79 Å². The molecule has 3 aliphatic rings. The number of hydrogen-bond acceptors (Lipinski definition) is 8. The molecule has 0 unspecified atom stereocenters. The van der Waals surface area contributed by atoms with E-state index in [-0.39, 0.29) is 23.3 Å². The minimum atomic E-state index is -2.05. The number of hydrogen-bond donors (Lipinski definition) is 0. The SMILES string of the molecule is CCOC(=O)c1ccc(N2[C@@H](c3ccc(Cl)cc3)[C@H]3C(=O)OC(=O)[C@@H]3C23C(=O)c2ccccc2C3=O)cc1. The third-order valence-corrected chi connectivity index (χ3v) is 7.76. The van der Waals surface area contributed by atoms with Gasteiger partial charge < -0.3 is 14.4 Å². The van der Waals surface area contributed by atoms with Gasteiger partial charge in [0.2, 0.25) is 0 Å². The second-order valence-corrected chi connectivity index (χ2v) is 9.78. The summed E-state index contributed by atoms with van der Waals surface area (Å²) in [6.07, 6.45) is 0. The quantitative estimate of drug-likeness (QED) is 0.365. The number of carbonyl (C=O) groups excluding carboxylic acids is 5. The van der Waals surface area contributed by atoms with Crippen LogP contribution in [0.5, 0.6) is 0 Å². The van der Waals surface area contributed by atoms with Crippen molar-refractivity contribution in [2.24, 2.45) is 11.8 Å². The maximum absolute atomic E-state index is 14.2. The lowest BCUT2D eigenvalue weighted by Crippen LogP contribution is -2.59. The molecular formula is C29H20ClNO7. The van der Waals surface area contributed by atoms with Gasteiger partial charge in [0.1, 0.15) is 5.92 Å². The highest BCUT2D eigenvalue weighted by Gasteiger charge is 2.76. The zero-order chi connectivity index (χ0) is 26.8. The number of halogens is 1. The molecule has 0 saturated carbocycles. The molecule has 2 fully saturated rings. The fourth-order valence-corrected chi connectivity index (χ4v) is 6.16. The van der Waals surface area contributed by atoms with E-state index in [0.717, 1.165) is 0 Å². The summed E-state index contributed by atoms with van der Waals surface area (Å²) >= 11 is 6.12.